The fraction of sp³-hybridized carbons (Fsp3) is 0.0526. The second-order valence-electron chi connectivity index (χ2n) is 4.73. The first kappa shape index (κ1) is 12.5. The molecule has 20 heavy (non-hydrogen) atoms. The first-order chi connectivity index (χ1) is 9.86. The predicted molar refractivity (Wildman–Crippen MR) is 80.8 cm³/mol. The average molecular weight is 259 g/mol. The number of phenols is 1. The molecule has 0 aliphatic carbocycles. The number of benzene rings is 3. The van der Waals surface area contributed by atoms with E-state index in [-0.39, 0.29) is 11.7 Å². The van der Waals surface area contributed by atoms with Crippen molar-refractivity contribution in [1.29, 1.82) is 0 Å². The summed E-state index contributed by atoms with van der Waals surface area (Å²) in [5, 5.41) is 10.1. The highest BCUT2D eigenvalue weighted by Gasteiger charge is 2.18. The zero-order chi connectivity index (χ0) is 13.8. The zero-order valence-electron chi connectivity index (χ0n) is 11.0. The first-order valence-corrected chi connectivity index (χ1v) is 6.66. The normalized spacial score (nSPS) is 10.7. The quantitative estimate of drug-likeness (QED) is 0.692. The number of para-hydroxylation sites is 1. The van der Waals surface area contributed by atoms with E-state index in [1.807, 2.05) is 48.5 Å². The third-order valence-electron chi connectivity index (χ3n) is 3.44. The van der Waals surface area contributed by atoms with Gasteiger partial charge < -0.3 is 5.11 Å². The van der Waals surface area contributed by atoms with E-state index in [2.05, 4.69) is 30.3 Å². The Bertz CT molecular complexity index is 635. The van der Waals surface area contributed by atoms with E-state index < -0.39 is 0 Å². The summed E-state index contributed by atoms with van der Waals surface area (Å²) in [6, 6.07) is 28.9. The molecule has 0 aliphatic heterocycles. The van der Waals surface area contributed by atoms with Crippen LogP contribution in [0.4, 0.5) is 0 Å². The summed E-state index contributed by atoms with van der Waals surface area (Å²) in [6.07, 6.45) is 0. The molecule has 1 heteroatoms. The molecule has 0 saturated heterocycles. The molecule has 0 heterocycles. The maximum Gasteiger partial charge on any atom is 0.127 e. The van der Waals surface area contributed by atoms with E-state index >= 15 is 0 Å². The van der Waals surface area contributed by atoms with Crippen LogP contribution in [-0.2, 0) is 0 Å². The molecule has 0 amide bonds. The Labute approximate surface area is 119 Å². The second kappa shape index (κ2) is 5.62. The molecule has 97 valence electrons. The van der Waals surface area contributed by atoms with E-state index in [1.54, 1.807) is 6.07 Å². The van der Waals surface area contributed by atoms with Crippen LogP contribution in [0.5, 0.6) is 5.75 Å². The Morgan fingerprint density at radius 3 is 1.75 bits per heavy atom. The van der Waals surface area contributed by atoms with Crippen molar-refractivity contribution in [1.82, 2.24) is 0 Å². The summed E-state index contributed by atoms with van der Waals surface area (Å²) in [7, 11) is 0. The lowest BCUT2D eigenvalue weighted by molar-refractivity contribution is 0.466. The van der Waals surface area contributed by atoms with Crippen LogP contribution in [0.25, 0.3) is 0 Å². The largest absolute Gasteiger partial charge is 0.507 e. The Morgan fingerprint density at radius 2 is 1.25 bits per heavy atom. The predicted octanol–water partition coefficient (Wildman–Crippen LogP) is 4.37. The van der Waals surface area contributed by atoms with Crippen LogP contribution in [0.15, 0.2) is 78.9 Å². The van der Waals surface area contributed by atoms with Crippen molar-refractivity contribution in [3.05, 3.63) is 102 Å². The van der Waals surface area contributed by atoms with E-state index in [9.17, 15) is 5.11 Å². The standard InChI is InChI=1S/C19H15O/c20-18-14-8-7-13-17(18)19(15-9-3-1-4-10-15)16-11-5-2-6-12-16/h1-13,19-20H. The smallest absolute Gasteiger partial charge is 0.127 e. The van der Waals surface area contributed by atoms with Gasteiger partial charge in [-0.05, 0) is 11.1 Å². The van der Waals surface area contributed by atoms with Gasteiger partial charge in [0.15, 0.2) is 0 Å². The molecule has 3 rings (SSSR count). The van der Waals surface area contributed by atoms with Gasteiger partial charge in [0.25, 0.3) is 0 Å². The van der Waals surface area contributed by atoms with Gasteiger partial charge >= 0.3 is 0 Å². The SMILES string of the molecule is Oc1[c]cccc1C(c1ccccc1)c1ccccc1. The summed E-state index contributed by atoms with van der Waals surface area (Å²) < 4.78 is 0. The molecule has 1 N–H and O–H groups in total. The monoisotopic (exact) mass is 259 g/mol. The van der Waals surface area contributed by atoms with Gasteiger partial charge in [0.05, 0.1) is 0 Å². The van der Waals surface area contributed by atoms with Gasteiger partial charge in [-0.3, -0.25) is 0 Å². The molecular weight excluding hydrogens is 244 g/mol. The van der Waals surface area contributed by atoms with Crippen LogP contribution in [0, 0.1) is 6.07 Å². The fourth-order valence-electron chi connectivity index (χ4n) is 2.52. The summed E-state index contributed by atoms with van der Waals surface area (Å²) in [5.41, 5.74) is 3.20. The number of hydrogen-bond acceptors (Lipinski definition) is 1. The molecule has 1 nitrogen and oxygen atoms in total. The van der Waals surface area contributed by atoms with E-state index in [4.69, 9.17) is 0 Å². The van der Waals surface area contributed by atoms with Gasteiger partial charge in [-0.15, -0.1) is 0 Å². The molecule has 0 aromatic heterocycles. The van der Waals surface area contributed by atoms with Gasteiger partial charge in [-0.25, -0.2) is 0 Å². The van der Waals surface area contributed by atoms with Crippen molar-refractivity contribution >= 4 is 0 Å². The maximum atomic E-state index is 10.1. The van der Waals surface area contributed by atoms with Crippen LogP contribution < -0.4 is 0 Å². The molecule has 0 fully saturated rings. The lowest BCUT2D eigenvalue weighted by Gasteiger charge is -2.19. The molecule has 0 spiro atoms. The molecule has 0 atom stereocenters. The third-order valence-corrected chi connectivity index (χ3v) is 3.44. The molecule has 0 bridgehead atoms. The van der Waals surface area contributed by atoms with Crippen LogP contribution in [0.1, 0.15) is 22.6 Å². The Kier molecular flexibility index (Phi) is 3.51. The summed E-state index contributed by atoms with van der Waals surface area (Å²) in [4.78, 5) is 0. The van der Waals surface area contributed by atoms with Crippen molar-refractivity contribution in [3.63, 3.8) is 0 Å². The Hall–Kier alpha value is -2.54. The minimum absolute atomic E-state index is 0.0230. The third kappa shape index (κ3) is 2.43. The van der Waals surface area contributed by atoms with Crippen molar-refractivity contribution in [2.75, 3.05) is 0 Å². The number of aromatic hydroxyl groups is 1. The summed E-state index contributed by atoms with van der Waals surface area (Å²) in [6.45, 7) is 0. The van der Waals surface area contributed by atoms with E-state index in [1.165, 1.54) is 0 Å². The molecule has 3 aromatic rings. The molecule has 1 radical (unpaired) electrons. The highest BCUT2D eigenvalue weighted by Crippen LogP contribution is 2.35. The topological polar surface area (TPSA) is 20.2 Å². The van der Waals surface area contributed by atoms with Gasteiger partial charge in [0, 0.05) is 17.5 Å². The number of hydrogen-bond donors (Lipinski definition) is 1. The highest BCUT2D eigenvalue weighted by atomic mass is 16.3. The molecule has 0 unspecified atom stereocenters. The van der Waals surface area contributed by atoms with Crippen LogP contribution in [-0.4, -0.2) is 5.11 Å². The molecule has 0 aliphatic rings. The lowest BCUT2D eigenvalue weighted by Crippen LogP contribution is -2.03. The van der Waals surface area contributed by atoms with Crippen LogP contribution in [0.2, 0.25) is 0 Å². The van der Waals surface area contributed by atoms with Crippen molar-refractivity contribution in [2.45, 2.75) is 5.92 Å². The lowest BCUT2D eigenvalue weighted by atomic mass is 9.85. The van der Waals surface area contributed by atoms with Gasteiger partial charge in [0.1, 0.15) is 5.75 Å². The van der Waals surface area contributed by atoms with Crippen LogP contribution >= 0.6 is 0 Å². The number of rotatable bonds is 3. The summed E-state index contributed by atoms with van der Waals surface area (Å²) in [5.74, 6) is 0.236. The Morgan fingerprint density at radius 1 is 0.700 bits per heavy atom. The van der Waals surface area contributed by atoms with E-state index in [0.29, 0.717) is 0 Å². The maximum absolute atomic E-state index is 10.1. The second-order valence-corrected chi connectivity index (χ2v) is 4.73. The van der Waals surface area contributed by atoms with Gasteiger partial charge in [-0.1, -0.05) is 78.9 Å². The Balaban J connectivity index is 2.17. The first-order valence-electron chi connectivity index (χ1n) is 6.66. The van der Waals surface area contributed by atoms with Crippen molar-refractivity contribution in [3.8, 4) is 5.75 Å². The number of phenolic OH excluding ortho intramolecular Hbond substituents is 1. The molecule has 3 aromatic carbocycles. The molecule has 0 saturated carbocycles. The van der Waals surface area contributed by atoms with Crippen molar-refractivity contribution in [2.24, 2.45) is 0 Å². The van der Waals surface area contributed by atoms with Crippen LogP contribution in [0.3, 0.4) is 0 Å². The van der Waals surface area contributed by atoms with E-state index in [0.717, 1.165) is 16.7 Å². The molecular formula is C19H15O. The fourth-order valence-corrected chi connectivity index (χ4v) is 2.52. The van der Waals surface area contributed by atoms with Crippen molar-refractivity contribution < 1.29 is 5.11 Å². The minimum Gasteiger partial charge on any atom is -0.507 e. The van der Waals surface area contributed by atoms with Gasteiger partial charge in [-0.2, -0.15) is 0 Å². The zero-order valence-corrected chi connectivity index (χ0v) is 11.0. The summed E-state index contributed by atoms with van der Waals surface area (Å²) >= 11 is 0. The van der Waals surface area contributed by atoms with Gasteiger partial charge in [0.2, 0.25) is 0 Å². The average Bonchev–Trinajstić information content (AvgIpc) is 2.52. The minimum atomic E-state index is 0.0230. The highest BCUT2D eigenvalue weighted by molar-refractivity contribution is 5.47.